The zero-order valence-electron chi connectivity index (χ0n) is 12.3. The molecule has 0 amide bonds. The highest BCUT2D eigenvalue weighted by Gasteiger charge is 2.00. The van der Waals surface area contributed by atoms with Crippen LogP contribution in [0.15, 0.2) is 84.8 Å². The van der Waals surface area contributed by atoms with E-state index < -0.39 is 0 Å². The van der Waals surface area contributed by atoms with Gasteiger partial charge in [0.15, 0.2) is 0 Å². The van der Waals surface area contributed by atoms with Crippen molar-refractivity contribution in [2.75, 3.05) is 0 Å². The van der Waals surface area contributed by atoms with Crippen LogP contribution in [0.2, 0.25) is 0 Å². The summed E-state index contributed by atoms with van der Waals surface area (Å²) < 4.78 is 0. The average molecular weight is 255 g/mol. The minimum absolute atomic E-state index is 0.870. The quantitative estimate of drug-likeness (QED) is 0.464. The standard InChI is InChI=1S/C18H25N/c1-6-11-14-16(9-4)18(13-8-3)19-17(10-5)15-12-7-2/h6-13,15,19H,2,4,14H2,1,3,5H3/b11-6-,13-8-,15-12-,17-10+,18-16+. The molecule has 0 aliphatic carbocycles. The lowest BCUT2D eigenvalue weighted by Gasteiger charge is -2.12. The lowest BCUT2D eigenvalue weighted by molar-refractivity contribution is 1.00. The monoisotopic (exact) mass is 255 g/mol. The van der Waals surface area contributed by atoms with E-state index >= 15 is 0 Å². The molecule has 102 valence electrons. The Morgan fingerprint density at radius 1 is 1.05 bits per heavy atom. The van der Waals surface area contributed by atoms with Crippen LogP contribution < -0.4 is 5.32 Å². The summed E-state index contributed by atoms with van der Waals surface area (Å²) in [6.07, 6.45) is 18.7. The maximum atomic E-state index is 3.89. The number of nitrogens with one attached hydrogen (secondary N) is 1. The van der Waals surface area contributed by atoms with Gasteiger partial charge in [-0.2, -0.15) is 0 Å². The van der Waals surface area contributed by atoms with Crippen molar-refractivity contribution in [3.63, 3.8) is 0 Å². The molecule has 0 saturated heterocycles. The first-order chi connectivity index (χ1) is 9.23. The third-order valence-electron chi connectivity index (χ3n) is 2.50. The molecular weight excluding hydrogens is 230 g/mol. The van der Waals surface area contributed by atoms with E-state index in [1.54, 1.807) is 6.08 Å². The molecular formula is C18H25N. The van der Waals surface area contributed by atoms with Crippen LogP contribution in [0.4, 0.5) is 0 Å². The van der Waals surface area contributed by atoms with Gasteiger partial charge in [0.2, 0.25) is 0 Å². The Kier molecular flexibility index (Phi) is 9.91. The van der Waals surface area contributed by atoms with Crippen molar-refractivity contribution >= 4 is 0 Å². The summed E-state index contributed by atoms with van der Waals surface area (Å²) in [5, 5.41) is 3.41. The Labute approximate surface area is 118 Å². The molecule has 0 radical (unpaired) electrons. The minimum atomic E-state index is 0.870. The Balaban J connectivity index is 5.28. The minimum Gasteiger partial charge on any atom is -0.356 e. The first-order valence-corrected chi connectivity index (χ1v) is 6.55. The Morgan fingerprint density at radius 2 is 1.79 bits per heavy atom. The van der Waals surface area contributed by atoms with Crippen molar-refractivity contribution in [3.8, 4) is 0 Å². The molecule has 19 heavy (non-hydrogen) atoms. The van der Waals surface area contributed by atoms with Gasteiger partial charge >= 0.3 is 0 Å². The molecule has 1 nitrogen and oxygen atoms in total. The fourth-order valence-corrected chi connectivity index (χ4v) is 1.48. The van der Waals surface area contributed by atoms with E-state index in [0.717, 1.165) is 17.8 Å². The zero-order chi connectivity index (χ0) is 14.5. The first kappa shape index (κ1) is 17.0. The van der Waals surface area contributed by atoms with Crippen molar-refractivity contribution in [2.24, 2.45) is 0 Å². The lowest BCUT2D eigenvalue weighted by Crippen LogP contribution is -2.11. The van der Waals surface area contributed by atoms with Gasteiger partial charge in [0, 0.05) is 11.4 Å². The molecule has 0 aliphatic rings. The van der Waals surface area contributed by atoms with Gasteiger partial charge in [-0.1, -0.05) is 55.7 Å². The molecule has 0 bridgehead atoms. The summed E-state index contributed by atoms with van der Waals surface area (Å²) in [5.41, 5.74) is 3.27. The molecule has 0 aromatic rings. The maximum absolute atomic E-state index is 3.89. The third kappa shape index (κ3) is 7.10. The van der Waals surface area contributed by atoms with Crippen molar-refractivity contribution in [3.05, 3.63) is 84.8 Å². The van der Waals surface area contributed by atoms with Crippen LogP contribution in [-0.2, 0) is 0 Å². The second-order valence-corrected chi connectivity index (χ2v) is 3.88. The van der Waals surface area contributed by atoms with Gasteiger partial charge < -0.3 is 5.32 Å². The molecule has 0 aromatic heterocycles. The fraction of sp³-hybridized carbons (Fsp3) is 0.222. The van der Waals surface area contributed by atoms with Gasteiger partial charge in [0.25, 0.3) is 0 Å². The predicted molar refractivity (Wildman–Crippen MR) is 87.7 cm³/mol. The van der Waals surface area contributed by atoms with Crippen LogP contribution in [0.5, 0.6) is 0 Å². The Hall–Kier alpha value is -2.02. The molecule has 0 aromatic carbocycles. The highest BCUT2D eigenvalue weighted by molar-refractivity contribution is 5.37. The summed E-state index contributed by atoms with van der Waals surface area (Å²) in [4.78, 5) is 0. The Bertz CT molecular complexity index is 429. The number of hydrogen-bond donors (Lipinski definition) is 1. The lowest BCUT2D eigenvalue weighted by atomic mass is 10.1. The molecule has 0 fully saturated rings. The molecule has 0 unspecified atom stereocenters. The van der Waals surface area contributed by atoms with Crippen LogP contribution in [0.1, 0.15) is 27.2 Å². The van der Waals surface area contributed by atoms with E-state index in [1.807, 2.05) is 57.2 Å². The Morgan fingerprint density at radius 3 is 2.26 bits per heavy atom. The molecule has 0 aliphatic heterocycles. The zero-order valence-corrected chi connectivity index (χ0v) is 12.3. The van der Waals surface area contributed by atoms with Crippen LogP contribution in [0.25, 0.3) is 0 Å². The molecule has 0 atom stereocenters. The van der Waals surface area contributed by atoms with Crippen molar-refractivity contribution in [1.29, 1.82) is 0 Å². The van der Waals surface area contributed by atoms with Gasteiger partial charge in [-0.15, -0.1) is 0 Å². The van der Waals surface area contributed by atoms with Gasteiger partial charge in [0.05, 0.1) is 0 Å². The van der Waals surface area contributed by atoms with Crippen molar-refractivity contribution in [1.82, 2.24) is 5.32 Å². The van der Waals surface area contributed by atoms with E-state index in [4.69, 9.17) is 0 Å². The van der Waals surface area contributed by atoms with E-state index in [2.05, 4.69) is 30.6 Å². The average Bonchev–Trinajstić information content (AvgIpc) is 2.43. The van der Waals surface area contributed by atoms with Gasteiger partial charge in [-0.3, -0.25) is 0 Å². The smallest absolute Gasteiger partial charge is 0.0416 e. The van der Waals surface area contributed by atoms with Crippen LogP contribution in [0.3, 0.4) is 0 Å². The summed E-state index contributed by atoms with van der Waals surface area (Å²) >= 11 is 0. The molecule has 0 rings (SSSR count). The SMILES string of the molecule is C=C/C=C\C(=C/C)NC(/C=C\C)=C(\C=C)C/C=C\C. The van der Waals surface area contributed by atoms with Crippen molar-refractivity contribution < 1.29 is 0 Å². The largest absolute Gasteiger partial charge is 0.356 e. The van der Waals surface area contributed by atoms with Gasteiger partial charge in [0.1, 0.15) is 0 Å². The molecule has 0 heterocycles. The molecule has 0 saturated carbocycles. The van der Waals surface area contributed by atoms with Crippen molar-refractivity contribution in [2.45, 2.75) is 27.2 Å². The molecule has 1 N–H and O–H groups in total. The first-order valence-electron chi connectivity index (χ1n) is 6.55. The van der Waals surface area contributed by atoms with Crippen LogP contribution in [-0.4, -0.2) is 0 Å². The van der Waals surface area contributed by atoms with E-state index in [-0.39, 0.29) is 0 Å². The third-order valence-corrected chi connectivity index (χ3v) is 2.50. The van der Waals surface area contributed by atoms with Crippen LogP contribution >= 0.6 is 0 Å². The maximum Gasteiger partial charge on any atom is 0.0416 e. The molecule has 1 heteroatoms. The summed E-state index contributed by atoms with van der Waals surface area (Å²) in [7, 11) is 0. The normalized spacial score (nSPS) is 14.2. The van der Waals surface area contributed by atoms with Gasteiger partial charge in [-0.05, 0) is 44.9 Å². The number of hydrogen-bond acceptors (Lipinski definition) is 1. The molecule has 0 spiro atoms. The summed E-state index contributed by atoms with van der Waals surface area (Å²) in [5.74, 6) is 0. The van der Waals surface area contributed by atoms with E-state index in [9.17, 15) is 0 Å². The van der Waals surface area contributed by atoms with E-state index in [1.165, 1.54) is 5.57 Å². The predicted octanol–water partition coefficient (Wildman–Crippen LogP) is 5.20. The second kappa shape index (κ2) is 11.1. The van der Waals surface area contributed by atoms with Crippen LogP contribution in [0, 0.1) is 0 Å². The number of allylic oxidation sites excluding steroid dienone is 10. The van der Waals surface area contributed by atoms with Gasteiger partial charge in [-0.25, -0.2) is 0 Å². The highest BCUT2D eigenvalue weighted by Crippen LogP contribution is 2.12. The second-order valence-electron chi connectivity index (χ2n) is 3.88. The van der Waals surface area contributed by atoms with E-state index in [0.29, 0.717) is 0 Å². The fourth-order valence-electron chi connectivity index (χ4n) is 1.48. The number of rotatable bonds is 8. The highest BCUT2D eigenvalue weighted by atomic mass is 14.9. The summed E-state index contributed by atoms with van der Waals surface area (Å²) in [6.45, 7) is 13.6. The topological polar surface area (TPSA) is 12.0 Å². The summed E-state index contributed by atoms with van der Waals surface area (Å²) in [6, 6.07) is 0.